The number of nitrogens with one attached hydrogen (secondary N) is 2. The summed E-state index contributed by atoms with van der Waals surface area (Å²) < 4.78 is 11.7. The molecule has 3 amide bonds. The second kappa shape index (κ2) is 12.8. The van der Waals surface area contributed by atoms with Crippen LogP contribution >= 0.6 is 0 Å². The van der Waals surface area contributed by atoms with Crippen molar-refractivity contribution in [2.75, 3.05) is 18.7 Å². The third kappa shape index (κ3) is 6.46. The van der Waals surface area contributed by atoms with Crippen LogP contribution in [0.5, 0.6) is 5.75 Å². The molecule has 1 saturated carbocycles. The average Bonchev–Trinajstić information content (AvgIpc) is 3.78. The summed E-state index contributed by atoms with van der Waals surface area (Å²) in [5, 5.41) is 19.8. The number of hydrogen-bond acceptors (Lipinski definition) is 10. The molecule has 2 aromatic heterocycles. The number of fused-ring (bicyclic) bond motifs is 1. The van der Waals surface area contributed by atoms with Crippen LogP contribution in [0.2, 0.25) is 0 Å². The average molecular weight is 601 g/mol. The van der Waals surface area contributed by atoms with Crippen LogP contribution in [-0.4, -0.2) is 67.9 Å². The van der Waals surface area contributed by atoms with E-state index in [1.165, 1.54) is 41.3 Å². The smallest absolute Gasteiger partial charge is 0.419 e. The fourth-order valence-corrected chi connectivity index (χ4v) is 4.58. The number of aryl methyl sites for hydroxylation is 2. The highest BCUT2D eigenvalue weighted by molar-refractivity contribution is 6.06. The van der Waals surface area contributed by atoms with Gasteiger partial charge in [0, 0.05) is 30.0 Å². The number of nitrogens with zero attached hydrogens (tertiary/aromatic N) is 4. The van der Waals surface area contributed by atoms with Crippen LogP contribution < -0.4 is 10.6 Å². The molecule has 1 fully saturated rings. The quantitative estimate of drug-likeness (QED) is 0.174. The Morgan fingerprint density at radius 1 is 1.05 bits per heavy atom. The number of phenols is 1. The number of carbonyl (C=O) groups is 4. The van der Waals surface area contributed by atoms with Crippen molar-refractivity contribution in [2.45, 2.75) is 46.1 Å². The minimum atomic E-state index is -0.941. The first-order valence-electron chi connectivity index (χ1n) is 14.1. The maximum Gasteiger partial charge on any atom is 0.419 e. The molecule has 2 heterocycles. The van der Waals surface area contributed by atoms with Crippen LogP contribution in [-0.2, 0) is 9.47 Å². The SMILES string of the molecule is CCCNC(=O)c1ccc(C)c(Nc2ncnn3cc(C(=O)N(C(=O)OCOC(=O)c4ccc(O)cc4)C4CC4)c(C)c23)c1. The molecule has 4 aromatic rings. The zero-order valence-electron chi connectivity index (χ0n) is 24.5. The number of rotatable bonds is 10. The lowest BCUT2D eigenvalue weighted by Crippen LogP contribution is -2.39. The number of phenolic OH excluding ortho intramolecular Hbond substituents is 1. The largest absolute Gasteiger partial charge is 0.508 e. The Labute approximate surface area is 252 Å². The highest BCUT2D eigenvalue weighted by Crippen LogP contribution is 2.32. The van der Waals surface area contributed by atoms with Gasteiger partial charge in [0.25, 0.3) is 11.8 Å². The van der Waals surface area contributed by atoms with Crippen molar-refractivity contribution in [3.63, 3.8) is 0 Å². The molecule has 44 heavy (non-hydrogen) atoms. The van der Waals surface area contributed by atoms with Crippen molar-refractivity contribution in [1.82, 2.24) is 24.8 Å². The van der Waals surface area contributed by atoms with E-state index in [1.807, 2.05) is 19.9 Å². The van der Waals surface area contributed by atoms with Gasteiger partial charge in [0.05, 0.1) is 11.1 Å². The summed E-state index contributed by atoms with van der Waals surface area (Å²) in [6.07, 6.45) is 3.98. The Morgan fingerprint density at radius 2 is 1.77 bits per heavy atom. The van der Waals surface area contributed by atoms with Crippen LogP contribution in [0, 0.1) is 13.8 Å². The van der Waals surface area contributed by atoms with Gasteiger partial charge in [-0.25, -0.2) is 24.0 Å². The van der Waals surface area contributed by atoms with E-state index in [0.29, 0.717) is 47.5 Å². The van der Waals surface area contributed by atoms with Gasteiger partial charge in [-0.15, -0.1) is 0 Å². The second-order valence-electron chi connectivity index (χ2n) is 10.4. The van der Waals surface area contributed by atoms with Crippen molar-refractivity contribution >= 4 is 40.9 Å². The molecule has 1 aliphatic rings. The number of hydrogen-bond donors (Lipinski definition) is 3. The molecule has 0 saturated heterocycles. The van der Waals surface area contributed by atoms with Crippen LogP contribution in [0.3, 0.4) is 0 Å². The number of benzene rings is 2. The lowest BCUT2D eigenvalue weighted by molar-refractivity contribution is -0.0110. The summed E-state index contributed by atoms with van der Waals surface area (Å²) >= 11 is 0. The molecular formula is C31H32N6O7. The molecule has 0 unspecified atom stereocenters. The molecule has 2 aromatic carbocycles. The van der Waals surface area contributed by atoms with E-state index in [0.717, 1.165) is 16.9 Å². The lowest BCUT2D eigenvalue weighted by atomic mass is 10.1. The van der Waals surface area contributed by atoms with Crippen LogP contribution in [0.4, 0.5) is 16.3 Å². The van der Waals surface area contributed by atoms with Gasteiger partial charge in [0.2, 0.25) is 6.79 Å². The molecule has 0 aliphatic heterocycles. The van der Waals surface area contributed by atoms with Crippen molar-refractivity contribution in [1.29, 1.82) is 0 Å². The molecule has 13 nitrogen and oxygen atoms in total. The molecule has 0 bridgehead atoms. The zero-order chi connectivity index (χ0) is 31.4. The van der Waals surface area contributed by atoms with Crippen LogP contribution in [0.15, 0.2) is 55.0 Å². The van der Waals surface area contributed by atoms with E-state index in [1.54, 1.807) is 19.1 Å². The maximum absolute atomic E-state index is 13.7. The van der Waals surface area contributed by atoms with Gasteiger partial charge in [0.1, 0.15) is 17.6 Å². The Bertz CT molecular complexity index is 1730. The standard InChI is InChI=1S/C31H32N6O7/c1-4-13-32-28(39)21-6-5-18(2)25(14-21)35-27-26-19(3)24(15-36(26)34-16-33-27)29(40)37(22-9-10-22)31(42)44-17-43-30(41)20-7-11-23(38)12-8-20/h5-8,11-12,14-16,22,38H,4,9-10,13,17H2,1-3H3,(H,32,39)(H,33,34,35). The van der Waals surface area contributed by atoms with E-state index in [4.69, 9.17) is 9.47 Å². The van der Waals surface area contributed by atoms with Crippen molar-refractivity contribution < 1.29 is 33.8 Å². The highest BCUT2D eigenvalue weighted by Gasteiger charge is 2.40. The van der Waals surface area contributed by atoms with Crippen molar-refractivity contribution in [2.24, 2.45) is 0 Å². The number of amides is 3. The van der Waals surface area contributed by atoms with Gasteiger partial charge < -0.3 is 25.2 Å². The topological polar surface area (TPSA) is 164 Å². The zero-order valence-corrected chi connectivity index (χ0v) is 24.5. The predicted molar refractivity (Wildman–Crippen MR) is 159 cm³/mol. The van der Waals surface area contributed by atoms with Gasteiger partial charge in [-0.1, -0.05) is 13.0 Å². The van der Waals surface area contributed by atoms with Gasteiger partial charge in [-0.05, 0) is 80.6 Å². The van der Waals surface area contributed by atoms with Crippen molar-refractivity contribution in [3.05, 3.63) is 82.8 Å². The summed E-state index contributed by atoms with van der Waals surface area (Å²) in [4.78, 5) is 56.9. The molecule has 228 valence electrons. The Hall–Kier alpha value is -5.46. The minimum Gasteiger partial charge on any atom is -0.508 e. The normalized spacial score (nSPS) is 12.4. The first kappa shape index (κ1) is 30.0. The monoisotopic (exact) mass is 600 g/mol. The van der Waals surface area contributed by atoms with E-state index in [2.05, 4.69) is 20.7 Å². The Morgan fingerprint density at radius 3 is 2.48 bits per heavy atom. The molecule has 0 radical (unpaired) electrons. The summed E-state index contributed by atoms with van der Waals surface area (Å²) in [5.41, 5.74) is 3.47. The summed E-state index contributed by atoms with van der Waals surface area (Å²) in [6, 6.07) is 10.4. The third-order valence-electron chi connectivity index (χ3n) is 7.15. The fraction of sp³-hybridized carbons (Fsp3) is 0.290. The van der Waals surface area contributed by atoms with E-state index in [-0.39, 0.29) is 28.8 Å². The van der Waals surface area contributed by atoms with Crippen molar-refractivity contribution in [3.8, 4) is 5.75 Å². The van der Waals surface area contributed by atoms with Gasteiger partial charge in [0.15, 0.2) is 5.82 Å². The second-order valence-corrected chi connectivity index (χ2v) is 10.4. The maximum atomic E-state index is 13.7. The first-order chi connectivity index (χ1) is 21.2. The molecular weight excluding hydrogens is 568 g/mol. The Balaban J connectivity index is 1.34. The Kier molecular flexibility index (Phi) is 8.74. The van der Waals surface area contributed by atoms with Gasteiger partial charge in [-0.2, -0.15) is 5.10 Å². The first-order valence-corrected chi connectivity index (χ1v) is 14.1. The molecule has 5 rings (SSSR count). The summed E-state index contributed by atoms with van der Waals surface area (Å²) in [6.45, 7) is 5.48. The number of anilines is 2. The number of esters is 1. The molecule has 0 spiro atoms. The highest BCUT2D eigenvalue weighted by atomic mass is 16.7. The van der Waals surface area contributed by atoms with Gasteiger partial charge >= 0.3 is 12.1 Å². The third-order valence-corrected chi connectivity index (χ3v) is 7.15. The van der Waals surface area contributed by atoms with Crippen LogP contribution in [0.25, 0.3) is 5.52 Å². The fourth-order valence-electron chi connectivity index (χ4n) is 4.58. The molecule has 1 aliphatic carbocycles. The molecule has 0 atom stereocenters. The minimum absolute atomic E-state index is 0.00904. The van der Waals surface area contributed by atoms with E-state index < -0.39 is 24.8 Å². The number of aromatic hydroxyl groups is 1. The molecule has 3 N–H and O–H groups in total. The predicted octanol–water partition coefficient (Wildman–Crippen LogP) is 4.49. The number of aromatic nitrogens is 3. The van der Waals surface area contributed by atoms with E-state index >= 15 is 0 Å². The van der Waals surface area contributed by atoms with E-state index in [9.17, 15) is 24.3 Å². The summed E-state index contributed by atoms with van der Waals surface area (Å²) in [7, 11) is 0. The van der Waals surface area contributed by atoms with Crippen LogP contribution in [0.1, 0.15) is 68.4 Å². The lowest BCUT2D eigenvalue weighted by Gasteiger charge is -2.19. The summed E-state index contributed by atoms with van der Waals surface area (Å²) in [5.74, 6) is -1.12. The number of imide groups is 1. The van der Waals surface area contributed by atoms with Gasteiger partial charge in [-0.3, -0.25) is 9.59 Å². The number of ether oxygens (including phenoxy) is 2. The number of carbonyl (C=O) groups excluding carboxylic acids is 4. The molecule has 13 heteroatoms.